The molecule has 0 aromatic heterocycles. The predicted octanol–water partition coefficient (Wildman–Crippen LogP) is -0.693. The molecule has 0 fully saturated rings. The van der Waals surface area contributed by atoms with Crippen molar-refractivity contribution >= 4 is 16.1 Å². The van der Waals surface area contributed by atoms with Gasteiger partial charge < -0.3 is 10.5 Å². The Kier molecular flexibility index (Phi) is 4.49. The smallest absolute Gasteiger partial charge is 0.453 e. The van der Waals surface area contributed by atoms with Crippen LogP contribution in [0.25, 0.3) is 0 Å². The molecule has 0 aromatic carbocycles. The molecule has 0 spiro atoms. The summed E-state index contributed by atoms with van der Waals surface area (Å²) in [7, 11) is -4.55. The zero-order valence-corrected chi connectivity index (χ0v) is 8.01. The molecule has 0 aliphatic carbocycles. The SMILES string of the molecule is NCC(CS(=O)(=O)O)OC(=O)C(F)(F)F. The fourth-order valence-corrected chi connectivity index (χ4v) is 1.28. The molecule has 15 heavy (non-hydrogen) atoms. The van der Waals surface area contributed by atoms with Crippen molar-refractivity contribution in [2.75, 3.05) is 12.3 Å². The topological polar surface area (TPSA) is 107 Å². The average molecular weight is 251 g/mol. The van der Waals surface area contributed by atoms with Crippen molar-refractivity contribution in [3.8, 4) is 0 Å². The van der Waals surface area contributed by atoms with E-state index in [9.17, 15) is 26.4 Å². The fourth-order valence-electron chi connectivity index (χ4n) is 0.603. The van der Waals surface area contributed by atoms with Gasteiger partial charge in [-0.15, -0.1) is 0 Å². The van der Waals surface area contributed by atoms with E-state index in [-0.39, 0.29) is 0 Å². The molecular weight excluding hydrogens is 243 g/mol. The first kappa shape index (κ1) is 14.1. The minimum atomic E-state index is -5.23. The second-order valence-electron chi connectivity index (χ2n) is 2.51. The van der Waals surface area contributed by atoms with E-state index in [1.54, 1.807) is 0 Å². The van der Waals surface area contributed by atoms with Crippen LogP contribution >= 0.6 is 0 Å². The molecule has 10 heteroatoms. The number of nitrogens with two attached hydrogens (primary N) is 1. The number of carbonyl (C=O) groups excluding carboxylic acids is 1. The molecule has 0 aliphatic heterocycles. The summed E-state index contributed by atoms with van der Waals surface area (Å²) in [6, 6.07) is 0. The third kappa shape index (κ3) is 6.25. The summed E-state index contributed by atoms with van der Waals surface area (Å²) in [5.74, 6) is -3.73. The molecule has 90 valence electrons. The van der Waals surface area contributed by atoms with Gasteiger partial charge in [-0.3, -0.25) is 4.55 Å². The Morgan fingerprint density at radius 1 is 1.47 bits per heavy atom. The van der Waals surface area contributed by atoms with Gasteiger partial charge in [0.05, 0.1) is 0 Å². The standard InChI is InChI=1S/C5H8F3NO5S/c6-5(7,8)4(10)14-3(1-9)2-15(11,12)13/h3H,1-2,9H2,(H,11,12,13). The summed E-state index contributed by atoms with van der Waals surface area (Å²) in [4.78, 5) is 10.2. The molecule has 0 radical (unpaired) electrons. The lowest BCUT2D eigenvalue weighted by Crippen LogP contribution is -2.37. The lowest BCUT2D eigenvalue weighted by atomic mass is 10.4. The van der Waals surface area contributed by atoms with E-state index >= 15 is 0 Å². The second kappa shape index (κ2) is 4.77. The van der Waals surface area contributed by atoms with Crippen molar-refractivity contribution in [1.29, 1.82) is 0 Å². The summed E-state index contributed by atoms with van der Waals surface area (Å²) in [5, 5.41) is 0. The van der Waals surface area contributed by atoms with Crippen LogP contribution in [0.1, 0.15) is 0 Å². The molecular formula is C5H8F3NO5S. The number of alkyl halides is 3. The maximum atomic E-state index is 11.7. The maximum Gasteiger partial charge on any atom is 0.490 e. The third-order valence-electron chi connectivity index (χ3n) is 1.16. The first-order chi connectivity index (χ1) is 6.56. The van der Waals surface area contributed by atoms with Gasteiger partial charge in [0, 0.05) is 6.54 Å². The lowest BCUT2D eigenvalue weighted by Gasteiger charge is -2.15. The van der Waals surface area contributed by atoms with Crippen LogP contribution in [-0.2, 0) is 19.6 Å². The van der Waals surface area contributed by atoms with Crippen molar-refractivity contribution in [3.63, 3.8) is 0 Å². The first-order valence-corrected chi connectivity index (χ1v) is 5.10. The van der Waals surface area contributed by atoms with Gasteiger partial charge in [-0.25, -0.2) is 4.79 Å². The largest absolute Gasteiger partial charge is 0.490 e. The van der Waals surface area contributed by atoms with Crippen LogP contribution in [0.2, 0.25) is 0 Å². The molecule has 0 rings (SSSR count). The first-order valence-electron chi connectivity index (χ1n) is 3.49. The lowest BCUT2D eigenvalue weighted by molar-refractivity contribution is -0.203. The highest BCUT2D eigenvalue weighted by Crippen LogP contribution is 2.17. The minimum absolute atomic E-state index is 0.651. The summed E-state index contributed by atoms with van der Waals surface area (Å²) in [6.07, 6.45) is -6.96. The summed E-state index contributed by atoms with van der Waals surface area (Å²) < 4.78 is 67.5. The molecule has 0 aromatic rings. The predicted molar refractivity (Wildman–Crippen MR) is 41.4 cm³/mol. The third-order valence-corrected chi connectivity index (χ3v) is 1.96. The van der Waals surface area contributed by atoms with Gasteiger partial charge in [-0.05, 0) is 0 Å². The quantitative estimate of drug-likeness (QED) is 0.505. The van der Waals surface area contributed by atoms with Gasteiger partial charge in [0.1, 0.15) is 11.9 Å². The van der Waals surface area contributed by atoms with E-state index in [1.807, 2.05) is 0 Å². The zero-order chi connectivity index (χ0) is 12.3. The van der Waals surface area contributed by atoms with E-state index in [1.165, 1.54) is 0 Å². The van der Waals surface area contributed by atoms with Crippen molar-refractivity contribution in [2.24, 2.45) is 5.73 Å². The van der Waals surface area contributed by atoms with Gasteiger partial charge in [-0.2, -0.15) is 21.6 Å². The van der Waals surface area contributed by atoms with Crippen LogP contribution in [0.4, 0.5) is 13.2 Å². The summed E-state index contributed by atoms with van der Waals surface area (Å²) in [6.45, 7) is -0.651. The second-order valence-corrected chi connectivity index (χ2v) is 4.01. The highest BCUT2D eigenvalue weighted by Gasteiger charge is 2.42. The molecule has 0 amide bonds. The van der Waals surface area contributed by atoms with Crippen LogP contribution < -0.4 is 5.73 Å². The molecule has 1 unspecified atom stereocenters. The monoisotopic (exact) mass is 251 g/mol. The average Bonchev–Trinajstić information content (AvgIpc) is 1.98. The van der Waals surface area contributed by atoms with Crippen LogP contribution in [0.15, 0.2) is 0 Å². The van der Waals surface area contributed by atoms with Crippen LogP contribution in [0.5, 0.6) is 0 Å². The molecule has 6 nitrogen and oxygen atoms in total. The Morgan fingerprint density at radius 2 is 1.93 bits per heavy atom. The highest BCUT2D eigenvalue weighted by atomic mass is 32.2. The Morgan fingerprint density at radius 3 is 2.20 bits per heavy atom. The van der Waals surface area contributed by atoms with Gasteiger partial charge in [0.15, 0.2) is 0 Å². The van der Waals surface area contributed by atoms with Gasteiger partial charge in [0.2, 0.25) is 0 Å². The van der Waals surface area contributed by atoms with Crippen molar-refractivity contribution < 1.29 is 35.7 Å². The number of ether oxygens (including phenoxy) is 1. The molecule has 0 bridgehead atoms. The molecule has 0 saturated carbocycles. The van der Waals surface area contributed by atoms with E-state index < -0.39 is 40.7 Å². The molecule has 0 aliphatic rings. The number of halogens is 3. The number of esters is 1. The van der Waals surface area contributed by atoms with E-state index in [2.05, 4.69) is 4.74 Å². The fraction of sp³-hybridized carbons (Fsp3) is 0.800. The number of carbonyl (C=O) groups is 1. The van der Waals surface area contributed by atoms with E-state index in [0.29, 0.717) is 0 Å². The normalized spacial score (nSPS) is 14.7. The highest BCUT2D eigenvalue weighted by molar-refractivity contribution is 7.85. The molecule has 3 N–H and O–H groups in total. The Hall–Kier alpha value is -0.870. The van der Waals surface area contributed by atoms with Gasteiger partial charge in [-0.1, -0.05) is 0 Å². The molecule has 0 heterocycles. The Labute approximate surface area is 82.9 Å². The number of hydrogen-bond acceptors (Lipinski definition) is 5. The number of rotatable bonds is 4. The van der Waals surface area contributed by atoms with Crippen molar-refractivity contribution in [2.45, 2.75) is 12.3 Å². The van der Waals surface area contributed by atoms with Gasteiger partial charge in [0.25, 0.3) is 10.1 Å². The van der Waals surface area contributed by atoms with Crippen LogP contribution in [0, 0.1) is 0 Å². The van der Waals surface area contributed by atoms with Crippen molar-refractivity contribution in [3.05, 3.63) is 0 Å². The maximum absolute atomic E-state index is 11.7. The van der Waals surface area contributed by atoms with E-state index in [4.69, 9.17) is 10.3 Å². The van der Waals surface area contributed by atoms with Crippen LogP contribution in [0.3, 0.4) is 0 Å². The molecule has 1 atom stereocenters. The summed E-state index contributed by atoms with van der Waals surface area (Å²) in [5.41, 5.74) is 4.85. The zero-order valence-electron chi connectivity index (χ0n) is 7.19. The van der Waals surface area contributed by atoms with Gasteiger partial charge >= 0.3 is 12.1 Å². The Balaban J connectivity index is 4.42. The summed E-state index contributed by atoms with van der Waals surface area (Å²) >= 11 is 0. The van der Waals surface area contributed by atoms with Crippen LogP contribution in [-0.4, -0.2) is 43.5 Å². The van der Waals surface area contributed by atoms with Crippen molar-refractivity contribution in [1.82, 2.24) is 0 Å². The Bertz CT molecular complexity index is 324. The number of hydrogen-bond donors (Lipinski definition) is 2. The minimum Gasteiger partial charge on any atom is -0.453 e. The van der Waals surface area contributed by atoms with E-state index in [0.717, 1.165) is 0 Å². The molecule has 0 saturated heterocycles.